The first-order valence-electron chi connectivity index (χ1n) is 6.07. The van der Waals surface area contributed by atoms with E-state index in [-0.39, 0.29) is 12.5 Å². The van der Waals surface area contributed by atoms with Crippen molar-refractivity contribution in [3.05, 3.63) is 6.33 Å². The van der Waals surface area contributed by atoms with Gasteiger partial charge in [-0.1, -0.05) is 6.92 Å². The summed E-state index contributed by atoms with van der Waals surface area (Å²) in [5.41, 5.74) is 0. The van der Waals surface area contributed by atoms with E-state index in [1.807, 2.05) is 4.90 Å². The highest BCUT2D eigenvalue weighted by Crippen LogP contribution is 2.16. The van der Waals surface area contributed by atoms with Crippen LogP contribution >= 0.6 is 0 Å². The number of likely N-dealkylation sites (tertiary alicyclic amines) is 1. The van der Waals surface area contributed by atoms with E-state index < -0.39 is 10.8 Å². The van der Waals surface area contributed by atoms with Gasteiger partial charge in [0.05, 0.1) is 10.8 Å². The van der Waals surface area contributed by atoms with Crippen LogP contribution in [0.5, 0.6) is 0 Å². The van der Waals surface area contributed by atoms with E-state index >= 15 is 0 Å². The summed E-state index contributed by atoms with van der Waals surface area (Å²) in [5.74, 6) is 0.608. The molecule has 1 aromatic rings. The number of carbonyl (C=O) groups is 1. The van der Waals surface area contributed by atoms with Crippen molar-refractivity contribution in [1.29, 1.82) is 0 Å². The van der Waals surface area contributed by atoms with Crippen molar-refractivity contribution in [2.45, 2.75) is 31.5 Å². The molecule has 1 fully saturated rings. The molecule has 18 heavy (non-hydrogen) atoms. The van der Waals surface area contributed by atoms with Crippen LogP contribution in [0.25, 0.3) is 0 Å². The van der Waals surface area contributed by atoms with Crippen molar-refractivity contribution in [2.75, 3.05) is 19.3 Å². The molecule has 1 aromatic heterocycles. The maximum Gasteiger partial charge on any atom is 0.242 e. The molecular formula is C11H18N4O2S. The Bertz CT molecular complexity index is 460. The van der Waals surface area contributed by atoms with Crippen molar-refractivity contribution in [3.63, 3.8) is 0 Å². The van der Waals surface area contributed by atoms with Crippen LogP contribution in [0.2, 0.25) is 0 Å². The Hall–Kier alpha value is -1.24. The minimum Gasteiger partial charge on any atom is -0.341 e. The van der Waals surface area contributed by atoms with Crippen LogP contribution in [0.4, 0.5) is 0 Å². The standard InChI is InChI=1S/C11H18N4O2S/c1-9-4-3-5-14(6-9)10(16)7-15-8-12-13-11(15)18(2)17/h8-9H,3-7H2,1-2H3/t9-,18-/m1/s1. The van der Waals surface area contributed by atoms with E-state index in [2.05, 4.69) is 17.1 Å². The van der Waals surface area contributed by atoms with Crippen molar-refractivity contribution >= 4 is 16.7 Å². The van der Waals surface area contributed by atoms with E-state index in [1.54, 1.807) is 4.57 Å². The average Bonchev–Trinajstić information content (AvgIpc) is 2.77. The molecule has 1 aliphatic heterocycles. The summed E-state index contributed by atoms with van der Waals surface area (Å²) >= 11 is 0. The molecule has 0 aliphatic carbocycles. The van der Waals surface area contributed by atoms with Gasteiger partial charge in [-0.2, -0.15) is 0 Å². The van der Waals surface area contributed by atoms with Gasteiger partial charge in [-0.05, 0) is 18.8 Å². The number of nitrogens with zero attached hydrogens (tertiary/aromatic N) is 4. The summed E-state index contributed by atoms with van der Waals surface area (Å²) in [6.45, 7) is 3.96. The molecule has 0 spiro atoms. The van der Waals surface area contributed by atoms with Crippen molar-refractivity contribution < 1.29 is 9.00 Å². The van der Waals surface area contributed by atoms with Crippen LogP contribution in [-0.2, 0) is 22.1 Å². The van der Waals surface area contributed by atoms with Crippen LogP contribution in [-0.4, -0.2) is 49.1 Å². The molecule has 100 valence electrons. The average molecular weight is 270 g/mol. The highest BCUT2D eigenvalue weighted by molar-refractivity contribution is 7.84. The SMILES string of the molecule is C[C@@H]1CCCN(C(=O)Cn2cnnc2[S@@](C)=O)C1. The molecule has 1 amide bonds. The summed E-state index contributed by atoms with van der Waals surface area (Å²) in [4.78, 5) is 14.0. The van der Waals surface area contributed by atoms with Gasteiger partial charge in [-0.15, -0.1) is 10.2 Å². The summed E-state index contributed by atoms with van der Waals surface area (Å²) in [5, 5.41) is 7.83. The van der Waals surface area contributed by atoms with Crippen molar-refractivity contribution in [1.82, 2.24) is 19.7 Å². The number of amides is 1. The molecule has 0 N–H and O–H groups in total. The minimum atomic E-state index is -1.22. The van der Waals surface area contributed by atoms with E-state index in [9.17, 15) is 9.00 Å². The number of hydrogen-bond donors (Lipinski definition) is 0. The highest BCUT2D eigenvalue weighted by Gasteiger charge is 2.22. The first-order valence-corrected chi connectivity index (χ1v) is 7.62. The second-order valence-electron chi connectivity index (χ2n) is 4.78. The maximum atomic E-state index is 12.1. The molecule has 2 rings (SSSR count). The minimum absolute atomic E-state index is 0.0491. The van der Waals surface area contributed by atoms with Gasteiger partial charge in [0.2, 0.25) is 11.1 Å². The summed E-state index contributed by atoms with van der Waals surface area (Å²) in [6.07, 6.45) is 5.23. The molecule has 0 saturated carbocycles. The Morgan fingerprint density at radius 1 is 1.61 bits per heavy atom. The van der Waals surface area contributed by atoms with Gasteiger partial charge in [-0.3, -0.25) is 13.6 Å². The Balaban J connectivity index is 2.02. The van der Waals surface area contributed by atoms with Gasteiger partial charge >= 0.3 is 0 Å². The zero-order valence-electron chi connectivity index (χ0n) is 10.7. The highest BCUT2D eigenvalue weighted by atomic mass is 32.2. The summed E-state index contributed by atoms with van der Waals surface area (Å²) < 4.78 is 13.0. The normalized spacial score (nSPS) is 21.9. The monoisotopic (exact) mass is 270 g/mol. The molecule has 6 nitrogen and oxygen atoms in total. The number of carbonyl (C=O) groups excluding carboxylic acids is 1. The van der Waals surface area contributed by atoms with Gasteiger partial charge < -0.3 is 4.90 Å². The smallest absolute Gasteiger partial charge is 0.242 e. The maximum absolute atomic E-state index is 12.1. The Morgan fingerprint density at radius 3 is 3.06 bits per heavy atom. The van der Waals surface area contributed by atoms with Crippen LogP contribution in [0.1, 0.15) is 19.8 Å². The van der Waals surface area contributed by atoms with Gasteiger partial charge in [-0.25, -0.2) is 0 Å². The fourth-order valence-electron chi connectivity index (χ4n) is 2.24. The van der Waals surface area contributed by atoms with Gasteiger partial charge in [0.25, 0.3) is 0 Å². The zero-order valence-corrected chi connectivity index (χ0v) is 11.5. The van der Waals surface area contributed by atoms with Crippen molar-refractivity contribution in [3.8, 4) is 0 Å². The van der Waals surface area contributed by atoms with Gasteiger partial charge in [0.15, 0.2) is 0 Å². The van der Waals surface area contributed by atoms with Gasteiger partial charge in [0, 0.05) is 19.3 Å². The van der Waals surface area contributed by atoms with Crippen molar-refractivity contribution in [2.24, 2.45) is 5.92 Å². The quantitative estimate of drug-likeness (QED) is 0.791. The van der Waals surface area contributed by atoms with E-state index in [0.29, 0.717) is 11.1 Å². The summed E-state index contributed by atoms with van der Waals surface area (Å²) in [6, 6.07) is 0. The number of rotatable bonds is 3. The lowest BCUT2D eigenvalue weighted by Gasteiger charge is -2.31. The molecule has 2 heterocycles. The second kappa shape index (κ2) is 5.60. The molecule has 7 heteroatoms. The van der Waals surface area contributed by atoms with Crippen LogP contribution in [0.15, 0.2) is 11.5 Å². The third kappa shape index (κ3) is 2.95. The van der Waals surface area contributed by atoms with E-state index in [4.69, 9.17) is 0 Å². The fraction of sp³-hybridized carbons (Fsp3) is 0.727. The molecule has 0 aromatic carbocycles. The predicted molar refractivity (Wildman–Crippen MR) is 67.3 cm³/mol. The van der Waals surface area contributed by atoms with Gasteiger partial charge in [0.1, 0.15) is 12.9 Å². The molecule has 0 bridgehead atoms. The van der Waals surface area contributed by atoms with E-state index in [1.165, 1.54) is 19.0 Å². The van der Waals surface area contributed by atoms with Crippen LogP contribution < -0.4 is 0 Å². The summed E-state index contributed by atoms with van der Waals surface area (Å²) in [7, 11) is -1.22. The zero-order chi connectivity index (χ0) is 13.1. The second-order valence-corrected chi connectivity index (χ2v) is 6.06. The molecular weight excluding hydrogens is 252 g/mol. The Labute approximate surface area is 109 Å². The lowest BCUT2D eigenvalue weighted by atomic mass is 10.0. The molecule has 0 unspecified atom stereocenters. The molecule has 1 saturated heterocycles. The molecule has 1 aliphatic rings. The largest absolute Gasteiger partial charge is 0.341 e. The predicted octanol–water partition coefficient (Wildman–Crippen LogP) is 0.274. The third-order valence-corrected chi connectivity index (χ3v) is 3.98. The number of piperidine rings is 1. The number of hydrogen-bond acceptors (Lipinski definition) is 4. The van der Waals surface area contributed by atoms with Crippen LogP contribution in [0, 0.1) is 5.92 Å². The first kappa shape index (κ1) is 13.2. The Kier molecular flexibility index (Phi) is 4.11. The topological polar surface area (TPSA) is 68.1 Å². The Morgan fingerprint density at radius 2 is 2.39 bits per heavy atom. The fourth-order valence-corrected chi connectivity index (χ4v) is 2.84. The lowest BCUT2D eigenvalue weighted by Crippen LogP contribution is -2.40. The molecule has 2 atom stereocenters. The van der Waals surface area contributed by atoms with Crippen LogP contribution in [0.3, 0.4) is 0 Å². The van der Waals surface area contributed by atoms with E-state index in [0.717, 1.165) is 19.5 Å². The third-order valence-electron chi connectivity index (χ3n) is 3.15. The molecule has 0 radical (unpaired) electrons. The first-order chi connectivity index (χ1) is 8.58. The number of aromatic nitrogens is 3. The lowest BCUT2D eigenvalue weighted by molar-refractivity contribution is -0.133.